The van der Waals surface area contributed by atoms with Crippen LogP contribution in [0, 0.1) is 0 Å². The summed E-state index contributed by atoms with van der Waals surface area (Å²) in [5, 5.41) is 9.38. The molecule has 0 aromatic heterocycles. The Morgan fingerprint density at radius 1 is 1.31 bits per heavy atom. The van der Waals surface area contributed by atoms with E-state index in [0.717, 1.165) is 0 Å². The van der Waals surface area contributed by atoms with Gasteiger partial charge in [0.2, 0.25) is 3.79 Å². The first-order valence-corrected chi connectivity index (χ1v) is 8.81. The predicted octanol–water partition coefficient (Wildman–Crippen LogP) is 3.03. The minimum Gasteiger partial charge on any atom is -0.368 e. The quantitative estimate of drug-likeness (QED) is 0.481. The summed E-state index contributed by atoms with van der Waals surface area (Å²) in [5.41, 5.74) is 0. The average Bonchev–Trinajstić information content (AvgIpc) is 1.78. The molecule has 0 rings (SSSR count). The van der Waals surface area contributed by atoms with E-state index in [1.54, 1.807) is 0 Å². The molecule has 1 atom stereocenters. The molecule has 0 saturated carbocycles. The van der Waals surface area contributed by atoms with E-state index in [2.05, 4.69) is 19.6 Å². The first-order valence-electron chi connectivity index (χ1n) is 3.96. The minimum atomic E-state index is -1.44. The molecule has 0 bridgehead atoms. The number of ether oxygens (including phenoxy) is 1. The highest BCUT2D eigenvalue weighted by molar-refractivity contribution is 6.76. The highest BCUT2D eigenvalue weighted by Gasteiger charge is 2.24. The van der Waals surface area contributed by atoms with Crippen LogP contribution in [0.1, 0.15) is 0 Å². The van der Waals surface area contributed by atoms with Gasteiger partial charge in [0.15, 0.2) is 6.29 Å². The Bertz CT molecular complexity index is 153. The van der Waals surface area contributed by atoms with Crippen LogP contribution >= 0.6 is 34.8 Å². The van der Waals surface area contributed by atoms with Crippen molar-refractivity contribution in [2.45, 2.75) is 35.8 Å². The lowest BCUT2D eigenvalue weighted by atomic mass is 10.7. The molecule has 0 aromatic rings. The lowest BCUT2D eigenvalue weighted by Crippen LogP contribution is -2.30. The van der Waals surface area contributed by atoms with Crippen LogP contribution in [0.15, 0.2) is 0 Å². The minimum absolute atomic E-state index is 0.0800. The molecule has 0 amide bonds. The summed E-state index contributed by atoms with van der Waals surface area (Å²) < 4.78 is 3.53. The molecule has 0 radical (unpaired) electrons. The summed E-state index contributed by atoms with van der Waals surface area (Å²) in [6, 6.07) is 0.647. The summed E-state index contributed by atoms with van der Waals surface area (Å²) >= 11 is 16.4. The van der Waals surface area contributed by atoms with E-state index in [9.17, 15) is 5.11 Å². The largest absolute Gasteiger partial charge is 0.368 e. The van der Waals surface area contributed by atoms with Gasteiger partial charge < -0.3 is 9.84 Å². The maximum Gasteiger partial charge on any atom is 0.213 e. The van der Waals surface area contributed by atoms with Gasteiger partial charge in [-0.1, -0.05) is 54.4 Å². The normalized spacial score (nSPS) is 15.9. The van der Waals surface area contributed by atoms with E-state index in [-0.39, 0.29) is 6.61 Å². The number of alkyl halides is 3. The third kappa shape index (κ3) is 10.9. The van der Waals surface area contributed by atoms with E-state index in [1.807, 2.05) is 0 Å². The van der Waals surface area contributed by atoms with Crippen LogP contribution in [-0.2, 0) is 4.74 Å². The zero-order valence-corrected chi connectivity index (χ0v) is 11.2. The molecule has 0 saturated heterocycles. The molecule has 0 spiro atoms. The van der Waals surface area contributed by atoms with Crippen LogP contribution in [0.4, 0.5) is 0 Å². The van der Waals surface area contributed by atoms with Gasteiger partial charge in [-0.3, -0.25) is 0 Å². The number of hydrogen-bond donors (Lipinski definition) is 1. The van der Waals surface area contributed by atoms with Crippen LogP contribution in [-0.4, -0.2) is 29.9 Å². The Balaban J connectivity index is 3.70. The Hall–Kier alpha value is 1.01. The molecule has 13 heavy (non-hydrogen) atoms. The summed E-state index contributed by atoms with van der Waals surface area (Å²) in [7, 11) is -1.32. The lowest BCUT2D eigenvalue weighted by molar-refractivity contribution is -0.0838. The topological polar surface area (TPSA) is 29.5 Å². The maximum atomic E-state index is 9.38. The van der Waals surface area contributed by atoms with Crippen molar-refractivity contribution in [2.75, 3.05) is 6.61 Å². The molecule has 0 aliphatic heterocycles. The summed E-state index contributed by atoms with van der Waals surface area (Å²) in [6.07, 6.45) is -0.817. The van der Waals surface area contributed by atoms with Crippen molar-refractivity contribution < 1.29 is 9.84 Å². The number of aliphatic hydroxyl groups is 1. The summed E-state index contributed by atoms with van der Waals surface area (Å²) in [6.45, 7) is 6.32. The van der Waals surface area contributed by atoms with Crippen molar-refractivity contribution in [1.82, 2.24) is 0 Å². The van der Waals surface area contributed by atoms with Crippen LogP contribution in [0.3, 0.4) is 0 Å². The van der Waals surface area contributed by atoms with E-state index >= 15 is 0 Å². The molecular weight excluding hydrogens is 251 g/mol. The number of halogens is 3. The molecule has 2 nitrogen and oxygen atoms in total. The van der Waals surface area contributed by atoms with E-state index in [4.69, 9.17) is 39.5 Å². The molecule has 80 valence electrons. The zero-order valence-electron chi connectivity index (χ0n) is 7.98. The molecule has 1 unspecified atom stereocenters. The van der Waals surface area contributed by atoms with Gasteiger partial charge >= 0.3 is 0 Å². The van der Waals surface area contributed by atoms with Crippen molar-refractivity contribution in [2.24, 2.45) is 0 Å². The second kappa shape index (κ2) is 5.19. The van der Waals surface area contributed by atoms with Crippen LogP contribution in [0.5, 0.6) is 0 Å². The Kier molecular flexibility index (Phi) is 5.59. The van der Waals surface area contributed by atoms with E-state index < -0.39 is 18.2 Å². The fraction of sp³-hybridized carbons (Fsp3) is 1.00. The molecule has 0 heterocycles. The lowest BCUT2D eigenvalue weighted by Gasteiger charge is -2.22. The van der Waals surface area contributed by atoms with Crippen molar-refractivity contribution in [1.29, 1.82) is 0 Å². The van der Waals surface area contributed by atoms with Crippen LogP contribution in [0.2, 0.25) is 25.7 Å². The monoisotopic (exact) mass is 264 g/mol. The Labute approximate surface area is 95.1 Å². The molecule has 0 aromatic carbocycles. The van der Waals surface area contributed by atoms with Crippen molar-refractivity contribution in [3.8, 4) is 0 Å². The van der Waals surface area contributed by atoms with Gasteiger partial charge in [-0.2, -0.15) is 0 Å². The smallest absolute Gasteiger partial charge is 0.213 e. The molecule has 0 aliphatic rings. The SMILES string of the molecule is C[Si](C)(C)CC(O)OCC(Cl)(Cl)Cl. The highest BCUT2D eigenvalue weighted by atomic mass is 35.6. The van der Waals surface area contributed by atoms with Gasteiger partial charge in [-0.25, -0.2) is 0 Å². The standard InChI is InChI=1S/C7H15Cl3O2Si/c1-13(2,3)4-6(11)12-5-7(8,9)10/h6,11H,4-5H2,1-3H3. The molecule has 1 N–H and O–H groups in total. The second-order valence-corrected chi connectivity index (χ2v) is 12.2. The number of hydrogen-bond acceptors (Lipinski definition) is 2. The summed E-state index contributed by atoms with van der Waals surface area (Å²) in [4.78, 5) is 0. The summed E-state index contributed by atoms with van der Waals surface area (Å²) in [5.74, 6) is 0. The fourth-order valence-corrected chi connectivity index (χ4v) is 2.13. The fourth-order valence-electron chi connectivity index (χ4n) is 0.773. The molecule has 0 fully saturated rings. The number of aliphatic hydroxyl groups excluding tert-OH is 1. The van der Waals surface area contributed by atoms with E-state index in [1.165, 1.54) is 0 Å². The molecular formula is C7H15Cl3O2Si. The molecule has 6 heteroatoms. The predicted molar refractivity (Wildman–Crippen MR) is 60.4 cm³/mol. The van der Waals surface area contributed by atoms with Crippen molar-refractivity contribution in [3.63, 3.8) is 0 Å². The third-order valence-electron chi connectivity index (χ3n) is 1.23. The van der Waals surface area contributed by atoms with Gasteiger partial charge in [0.25, 0.3) is 0 Å². The second-order valence-electron chi connectivity index (χ2n) is 4.15. The van der Waals surface area contributed by atoms with Crippen molar-refractivity contribution >= 4 is 42.9 Å². The maximum absolute atomic E-state index is 9.38. The average molecular weight is 266 g/mol. The highest BCUT2D eigenvalue weighted by Crippen LogP contribution is 2.27. The van der Waals surface area contributed by atoms with Crippen LogP contribution in [0.25, 0.3) is 0 Å². The first-order chi connectivity index (χ1) is 5.60. The van der Waals surface area contributed by atoms with Gasteiger partial charge in [-0.15, -0.1) is 0 Å². The van der Waals surface area contributed by atoms with E-state index in [0.29, 0.717) is 6.04 Å². The molecule has 0 aliphatic carbocycles. The zero-order chi connectivity index (χ0) is 10.7. The number of rotatable bonds is 4. The third-order valence-corrected chi connectivity index (χ3v) is 3.13. The Morgan fingerprint density at radius 2 is 1.77 bits per heavy atom. The van der Waals surface area contributed by atoms with Gasteiger partial charge in [0, 0.05) is 8.07 Å². The van der Waals surface area contributed by atoms with Crippen LogP contribution < -0.4 is 0 Å². The first kappa shape index (κ1) is 14.0. The van der Waals surface area contributed by atoms with Crippen molar-refractivity contribution in [3.05, 3.63) is 0 Å². The Morgan fingerprint density at radius 3 is 2.08 bits per heavy atom. The van der Waals surface area contributed by atoms with Gasteiger partial charge in [-0.05, 0) is 6.04 Å². The van der Waals surface area contributed by atoms with Gasteiger partial charge in [0.1, 0.15) is 0 Å². The van der Waals surface area contributed by atoms with Gasteiger partial charge in [0.05, 0.1) is 6.61 Å².